The lowest BCUT2D eigenvalue weighted by atomic mass is 9.78. The van der Waals surface area contributed by atoms with Gasteiger partial charge in [-0.15, -0.1) is 0 Å². The van der Waals surface area contributed by atoms with E-state index in [1.165, 1.54) is 0 Å². The molecule has 0 atom stereocenters. The molecule has 1 saturated carbocycles. The molecule has 0 unspecified atom stereocenters. The van der Waals surface area contributed by atoms with Gasteiger partial charge in [0.2, 0.25) is 0 Å². The van der Waals surface area contributed by atoms with Crippen molar-refractivity contribution in [3.8, 4) is 0 Å². The van der Waals surface area contributed by atoms with Crippen LogP contribution in [0.2, 0.25) is 5.02 Å². The van der Waals surface area contributed by atoms with Crippen LogP contribution in [0.1, 0.15) is 47.7 Å². The van der Waals surface area contributed by atoms with Gasteiger partial charge in [0.05, 0.1) is 6.10 Å². The van der Waals surface area contributed by atoms with Crippen LogP contribution in [-0.4, -0.2) is 18.5 Å². The normalized spacial score (nSPS) is 22.1. The number of ketones is 1. The summed E-state index contributed by atoms with van der Waals surface area (Å²) in [6.45, 7) is 6.66. The molecule has 104 valence electrons. The Kier molecular flexibility index (Phi) is 4.64. The van der Waals surface area contributed by atoms with Crippen molar-refractivity contribution in [2.75, 3.05) is 6.61 Å². The highest BCUT2D eigenvalue weighted by Gasteiger charge is 2.31. The maximum Gasteiger partial charge on any atom is 0.163 e. The first-order valence-electron chi connectivity index (χ1n) is 6.92. The topological polar surface area (TPSA) is 26.3 Å². The highest BCUT2D eigenvalue weighted by Crippen LogP contribution is 2.34. The summed E-state index contributed by atoms with van der Waals surface area (Å²) in [5, 5.41) is 0.731. The van der Waals surface area contributed by atoms with E-state index >= 15 is 0 Å². The lowest BCUT2D eigenvalue weighted by Crippen LogP contribution is -2.32. The molecule has 1 aromatic carbocycles. The van der Waals surface area contributed by atoms with Gasteiger partial charge in [0.1, 0.15) is 0 Å². The molecule has 2 nitrogen and oxygen atoms in total. The van der Waals surface area contributed by atoms with E-state index in [0.29, 0.717) is 18.4 Å². The third-order valence-electron chi connectivity index (χ3n) is 3.87. The number of hydrogen-bond acceptors (Lipinski definition) is 2. The lowest BCUT2D eigenvalue weighted by Gasteiger charge is -2.34. The van der Waals surface area contributed by atoms with Gasteiger partial charge in [-0.2, -0.15) is 0 Å². The van der Waals surface area contributed by atoms with Crippen LogP contribution in [0.25, 0.3) is 0 Å². The van der Waals surface area contributed by atoms with E-state index < -0.39 is 0 Å². The summed E-state index contributed by atoms with van der Waals surface area (Å²) >= 11 is 6.06. The Morgan fingerprint density at radius 1 is 1.32 bits per heavy atom. The second kappa shape index (κ2) is 6.06. The molecular weight excluding hydrogens is 260 g/mol. The van der Waals surface area contributed by atoms with Crippen LogP contribution >= 0.6 is 11.6 Å². The fourth-order valence-corrected chi connectivity index (χ4v) is 2.88. The molecule has 0 N–H and O–H groups in total. The SMILES string of the molecule is CCOC1CC(CC(=O)c2cc(C)c(Cl)cc2C)C1. The summed E-state index contributed by atoms with van der Waals surface area (Å²) in [7, 11) is 0. The number of halogens is 1. The van der Waals surface area contributed by atoms with Crippen molar-refractivity contribution in [1.29, 1.82) is 0 Å². The van der Waals surface area contributed by atoms with Gasteiger partial charge in [-0.25, -0.2) is 0 Å². The first kappa shape index (κ1) is 14.5. The van der Waals surface area contributed by atoms with Gasteiger partial charge in [0.25, 0.3) is 0 Å². The summed E-state index contributed by atoms with van der Waals surface area (Å²) in [5.41, 5.74) is 2.76. The number of Topliss-reactive ketones (excluding diaryl/α,β-unsaturated/α-hetero) is 1. The first-order valence-corrected chi connectivity index (χ1v) is 7.30. The van der Waals surface area contributed by atoms with E-state index in [1.54, 1.807) is 0 Å². The molecule has 0 spiro atoms. The van der Waals surface area contributed by atoms with Gasteiger partial charge in [-0.05, 0) is 62.8 Å². The Bertz CT molecular complexity index is 476. The van der Waals surface area contributed by atoms with Crippen LogP contribution in [0.15, 0.2) is 12.1 Å². The zero-order valence-electron chi connectivity index (χ0n) is 11.8. The Hall–Kier alpha value is -0.860. The molecule has 19 heavy (non-hydrogen) atoms. The van der Waals surface area contributed by atoms with Crippen LogP contribution in [0.4, 0.5) is 0 Å². The second-order valence-corrected chi connectivity index (χ2v) is 5.87. The van der Waals surface area contributed by atoms with Crippen molar-refractivity contribution >= 4 is 17.4 Å². The molecule has 1 aromatic rings. The van der Waals surface area contributed by atoms with Gasteiger partial charge in [0.15, 0.2) is 5.78 Å². The van der Waals surface area contributed by atoms with E-state index in [9.17, 15) is 4.79 Å². The number of carbonyl (C=O) groups is 1. The first-order chi connectivity index (χ1) is 9.01. The Labute approximate surface area is 120 Å². The third kappa shape index (κ3) is 3.37. The van der Waals surface area contributed by atoms with Gasteiger partial charge in [-0.3, -0.25) is 4.79 Å². The fraction of sp³-hybridized carbons (Fsp3) is 0.562. The van der Waals surface area contributed by atoms with Crippen molar-refractivity contribution in [1.82, 2.24) is 0 Å². The molecule has 0 aromatic heterocycles. The minimum atomic E-state index is 0.234. The average molecular weight is 281 g/mol. The second-order valence-electron chi connectivity index (χ2n) is 5.46. The minimum Gasteiger partial charge on any atom is -0.378 e. The molecule has 0 heterocycles. The maximum absolute atomic E-state index is 12.3. The molecule has 3 heteroatoms. The highest BCUT2D eigenvalue weighted by molar-refractivity contribution is 6.31. The standard InChI is InChI=1S/C16H21ClO2/c1-4-19-13-7-12(8-13)9-16(18)14-5-11(3)15(17)6-10(14)2/h5-6,12-13H,4,7-9H2,1-3H3. The highest BCUT2D eigenvalue weighted by atomic mass is 35.5. The predicted molar refractivity (Wildman–Crippen MR) is 78.0 cm³/mol. The van der Waals surface area contributed by atoms with E-state index in [4.69, 9.17) is 16.3 Å². The van der Waals surface area contributed by atoms with Crippen molar-refractivity contribution in [2.24, 2.45) is 5.92 Å². The van der Waals surface area contributed by atoms with Gasteiger partial charge in [0, 0.05) is 23.6 Å². The molecule has 0 radical (unpaired) electrons. The van der Waals surface area contributed by atoms with E-state index in [1.807, 2.05) is 32.9 Å². The smallest absolute Gasteiger partial charge is 0.163 e. The average Bonchev–Trinajstić information content (AvgIpc) is 2.31. The molecule has 1 fully saturated rings. The zero-order valence-corrected chi connectivity index (χ0v) is 12.6. The molecule has 0 aliphatic heterocycles. The van der Waals surface area contributed by atoms with Gasteiger partial charge >= 0.3 is 0 Å². The quantitative estimate of drug-likeness (QED) is 0.750. The molecular formula is C16H21ClO2. The number of carbonyl (C=O) groups excluding carboxylic acids is 1. The molecule has 2 rings (SSSR count). The summed E-state index contributed by atoms with van der Waals surface area (Å²) < 4.78 is 5.53. The van der Waals surface area contributed by atoms with E-state index in [0.717, 1.165) is 41.2 Å². The molecule has 0 saturated heterocycles. The molecule has 0 amide bonds. The van der Waals surface area contributed by atoms with Crippen LogP contribution in [-0.2, 0) is 4.74 Å². The van der Waals surface area contributed by atoms with Crippen molar-refractivity contribution in [3.63, 3.8) is 0 Å². The zero-order chi connectivity index (χ0) is 14.0. The fourth-order valence-electron chi connectivity index (χ4n) is 2.67. The number of aryl methyl sites for hydroxylation is 2. The number of benzene rings is 1. The number of hydrogen-bond donors (Lipinski definition) is 0. The van der Waals surface area contributed by atoms with Crippen LogP contribution in [0.5, 0.6) is 0 Å². The van der Waals surface area contributed by atoms with Crippen molar-refractivity contribution in [2.45, 2.75) is 46.1 Å². The van der Waals surface area contributed by atoms with E-state index in [-0.39, 0.29) is 5.78 Å². The number of ether oxygens (including phenoxy) is 1. The Morgan fingerprint density at radius 3 is 2.63 bits per heavy atom. The number of rotatable bonds is 5. The largest absolute Gasteiger partial charge is 0.378 e. The monoisotopic (exact) mass is 280 g/mol. The van der Waals surface area contributed by atoms with Crippen LogP contribution in [0, 0.1) is 19.8 Å². The minimum absolute atomic E-state index is 0.234. The lowest BCUT2D eigenvalue weighted by molar-refractivity contribution is -0.0246. The Morgan fingerprint density at radius 2 is 2.00 bits per heavy atom. The van der Waals surface area contributed by atoms with Crippen LogP contribution in [0.3, 0.4) is 0 Å². The summed E-state index contributed by atoms with van der Waals surface area (Å²) in [6.07, 6.45) is 3.04. The summed E-state index contributed by atoms with van der Waals surface area (Å²) in [4.78, 5) is 12.3. The van der Waals surface area contributed by atoms with Gasteiger partial charge in [-0.1, -0.05) is 11.6 Å². The summed E-state index contributed by atoms with van der Waals surface area (Å²) in [6, 6.07) is 3.80. The van der Waals surface area contributed by atoms with Crippen molar-refractivity contribution < 1.29 is 9.53 Å². The van der Waals surface area contributed by atoms with Gasteiger partial charge < -0.3 is 4.74 Å². The molecule has 1 aliphatic carbocycles. The van der Waals surface area contributed by atoms with Crippen molar-refractivity contribution in [3.05, 3.63) is 33.8 Å². The predicted octanol–water partition coefficient (Wildman–Crippen LogP) is 4.34. The maximum atomic E-state index is 12.3. The Balaban J connectivity index is 1.96. The van der Waals surface area contributed by atoms with E-state index in [2.05, 4.69) is 0 Å². The van der Waals surface area contributed by atoms with Crippen LogP contribution < -0.4 is 0 Å². The molecule has 0 bridgehead atoms. The third-order valence-corrected chi connectivity index (χ3v) is 4.28. The summed E-state index contributed by atoms with van der Waals surface area (Å²) in [5.74, 6) is 0.719. The molecule has 1 aliphatic rings.